The monoisotopic (exact) mass is 296 g/mol. The van der Waals surface area contributed by atoms with Crippen molar-refractivity contribution >= 4 is 29.3 Å². The minimum Gasteiger partial charge on any atom is -0.459 e. The molecule has 0 unspecified atom stereocenters. The third-order valence-electron chi connectivity index (χ3n) is 2.52. The first-order chi connectivity index (χ1) is 9.20. The largest absolute Gasteiger partial charge is 0.459 e. The van der Waals surface area contributed by atoms with Gasteiger partial charge in [-0.3, -0.25) is 10.2 Å². The van der Waals surface area contributed by atoms with Crippen LogP contribution in [0.15, 0.2) is 41.0 Å². The van der Waals surface area contributed by atoms with Crippen LogP contribution in [0.5, 0.6) is 0 Å². The second-order valence-corrected chi connectivity index (χ2v) is 5.29. The van der Waals surface area contributed by atoms with Gasteiger partial charge in [-0.05, 0) is 23.8 Å². The molecule has 6 heteroatoms. The fourth-order valence-electron chi connectivity index (χ4n) is 1.57. The van der Waals surface area contributed by atoms with E-state index < -0.39 is 5.91 Å². The van der Waals surface area contributed by atoms with E-state index in [-0.39, 0.29) is 5.76 Å². The second kappa shape index (κ2) is 6.65. The Hall–Kier alpha value is -1.43. The summed E-state index contributed by atoms with van der Waals surface area (Å²) in [6.45, 7) is 0. The van der Waals surface area contributed by atoms with Gasteiger partial charge < -0.3 is 4.42 Å². The number of nitrogens with one attached hydrogen (secondary N) is 1. The molecule has 0 aliphatic heterocycles. The summed E-state index contributed by atoms with van der Waals surface area (Å²) in [6, 6.07) is 9.47. The lowest BCUT2D eigenvalue weighted by atomic mass is 10.2. The molecule has 4 nitrogen and oxygen atoms in total. The van der Waals surface area contributed by atoms with Gasteiger partial charge >= 0.3 is 5.91 Å². The zero-order valence-electron chi connectivity index (χ0n) is 10.1. The number of nitrogens with two attached hydrogens (primary N) is 1. The fourth-order valence-corrected chi connectivity index (χ4v) is 2.68. The van der Waals surface area contributed by atoms with Crippen molar-refractivity contribution in [2.75, 3.05) is 0 Å². The van der Waals surface area contributed by atoms with E-state index in [1.54, 1.807) is 17.8 Å². The van der Waals surface area contributed by atoms with E-state index in [0.717, 1.165) is 16.3 Å². The lowest BCUT2D eigenvalue weighted by Crippen LogP contribution is -2.30. The standard InChI is InChI=1S/C13H13ClN2O2S/c14-11-3-1-9(2-4-11)7-19-8-10-5-6-18-12(10)13(17)16-15/h1-6H,7-8,15H2,(H,16,17). The van der Waals surface area contributed by atoms with Gasteiger partial charge in [-0.1, -0.05) is 23.7 Å². The van der Waals surface area contributed by atoms with E-state index in [9.17, 15) is 4.79 Å². The van der Waals surface area contributed by atoms with Gasteiger partial charge in [0.2, 0.25) is 0 Å². The number of amides is 1. The molecule has 1 heterocycles. The summed E-state index contributed by atoms with van der Waals surface area (Å²) in [5, 5.41) is 0.727. The number of thioether (sulfide) groups is 1. The van der Waals surface area contributed by atoms with Gasteiger partial charge in [0.05, 0.1) is 6.26 Å². The molecular weight excluding hydrogens is 284 g/mol. The number of halogens is 1. The minimum absolute atomic E-state index is 0.270. The lowest BCUT2D eigenvalue weighted by Gasteiger charge is -2.03. The number of benzene rings is 1. The number of carbonyl (C=O) groups excluding carboxylic acids is 1. The van der Waals surface area contributed by atoms with Crippen LogP contribution in [0.25, 0.3) is 0 Å². The van der Waals surface area contributed by atoms with Crippen LogP contribution < -0.4 is 11.3 Å². The molecule has 1 aromatic heterocycles. The van der Waals surface area contributed by atoms with Crippen molar-refractivity contribution < 1.29 is 9.21 Å². The van der Waals surface area contributed by atoms with E-state index in [1.807, 2.05) is 24.3 Å². The number of hydrogen-bond acceptors (Lipinski definition) is 4. The molecule has 2 aromatic rings. The molecule has 3 N–H and O–H groups in total. The maximum Gasteiger partial charge on any atom is 0.301 e. The Morgan fingerprint density at radius 2 is 2.00 bits per heavy atom. The van der Waals surface area contributed by atoms with Crippen molar-refractivity contribution in [1.82, 2.24) is 5.43 Å². The molecule has 0 saturated heterocycles. The summed E-state index contributed by atoms with van der Waals surface area (Å²) in [6.07, 6.45) is 1.49. The number of carbonyl (C=O) groups is 1. The molecule has 100 valence electrons. The fraction of sp³-hybridized carbons (Fsp3) is 0.154. The Labute approximate surface area is 120 Å². The van der Waals surface area contributed by atoms with Crippen LogP contribution in [0.1, 0.15) is 21.7 Å². The van der Waals surface area contributed by atoms with Crippen LogP contribution >= 0.6 is 23.4 Å². The molecule has 2 rings (SSSR count). The smallest absolute Gasteiger partial charge is 0.301 e. The van der Waals surface area contributed by atoms with Gasteiger partial charge in [-0.25, -0.2) is 5.84 Å². The third-order valence-corrected chi connectivity index (χ3v) is 3.83. The number of nitrogen functional groups attached to an aromatic ring is 1. The minimum atomic E-state index is -0.410. The number of furan rings is 1. The van der Waals surface area contributed by atoms with Crippen molar-refractivity contribution in [3.63, 3.8) is 0 Å². The van der Waals surface area contributed by atoms with Crippen molar-refractivity contribution in [3.05, 3.63) is 58.5 Å². The van der Waals surface area contributed by atoms with Crippen molar-refractivity contribution in [3.8, 4) is 0 Å². The molecule has 1 aromatic carbocycles. The number of hydrazine groups is 1. The molecule has 0 bridgehead atoms. The van der Waals surface area contributed by atoms with Crippen molar-refractivity contribution in [1.29, 1.82) is 0 Å². The van der Waals surface area contributed by atoms with Gasteiger partial charge in [0.15, 0.2) is 5.76 Å². The Bertz CT molecular complexity index is 554. The predicted molar refractivity (Wildman–Crippen MR) is 76.8 cm³/mol. The maximum absolute atomic E-state index is 11.4. The first kappa shape index (κ1) is 14.0. The number of rotatable bonds is 5. The van der Waals surface area contributed by atoms with Gasteiger partial charge in [0.1, 0.15) is 0 Å². The van der Waals surface area contributed by atoms with Crippen molar-refractivity contribution in [2.24, 2.45) is 5.84 Å². The SMILES string of the molecule is NNC(=O)c1occc1CSCc1ccc(Cl)cc1. The maximum atomic E-state index is 11.4. The first-order valence-corrected chi connectivity index (χ1v) is 7.13. The highest BCUT2D eigenvalue weighted by Gasteiger charge is 2.13. The summed E-state index contributed by atoms with van der Waals surface area (Å²) >= 11 is 7.51. The predicted octanol–water partition coefficient (Wildman–Crippen LogP) is 2.97. The van der Waals surface area contributed by atoms with Gasteiger partial charge in [0.25, 0.3) is 0 Å². The molecular formula is C13H13ClN2O2S. The Morgan fingerprint density at radius 3 is 2.68 bits per heavy atom. The first-order valence-electron chi connectivity index (χ1n) is 5.60. The summed E-state index contributed by atoms with van der Waals surface area (Å²) < 4.78 is 5.11. The number of hydrogen-bond donors (Lipinski definition) is 2. The van der Waals surface area contributed by atoms with Gasteiger partial charge in [-0.15, -0.1) is 0 Å². The van der Waals surface area contributed by atoms with E-state index in [2.05, 4.69) is 5.43 Å². The van der Waals surface area contributed by atoms with Crippen LogP contribution in [0, 0.1) is 0 Å². The highest BCUT2D eigenvalue weighted by Crippen LogP contribution is 2.22. The van der Waals surface area contributed by atoms with E-state index in [0.29, 0.717) is 5.75 Å². The lowest BCUT2D eigenvalue weighted by molar-refractivity contribution is 0.0925. The summed E-state index contributed by atoms with van der Waals surface area (Å²) in [5.41, 5.74) is 4.08. The zero-order valence-corrected chi connectivity index (χ0v) is 11.6. The van der Waals surface area contributed by atoms with Crippen LogP contribution in [0.4, 0.5) is 0 Å². The molecule has 0 aliphatic carbocycles. The van der Waals surface area contributed by atoms with Crippen LogP contribution in [-0.2, 0) is 11.5 Å². The quantitative estimate of drug-likeness (QED) is 0.506. The van der Waals surface area contributed by atoms with E-state index in [1.165, 1.54) is 11.8 Å². The highest BCUT2D eigenvalue weighted by molar-refractivity contribution is 7.97. The van der Waals surface area contributed by atoms with Crippen LogP contribution in [0.3, 0.4) is 0 Å². The summed E-state index contributed by atoms with van der Waals surface area (Å²) in [5.74, 6) is 6.47. The second-order valence-electron chi connectivity index (χ2n) is 3.87. The molecule has 0 fully saturated rings. The van der Waals surface area contributed by atoms with Gasteiger partial charge in [0, 0.05) is 22.1 Å². The average Bonchev–Trinajstić information content (AvgIpc) is 2.88. The molecule has 0 saturated carbocycles. The molecule has 0 spiro atoms. The Morgan fingerprint density at radius 1 is 1.26 bits per heavy atom. The molecule has 0 atom stereocenters. The topological polar surface area (TPSA) is 68.3 Å². The summed E-state index contributed by atoms with van der Waals surface area (Å²) in [4.78, 5) is 11.4. The Balaban J connectivity index is 1.91. The van der Waals surface area contributed by atoms with Crippen LogP contribution in [-0.4, -0.2) is 5.91 Å². The van der Waals surface area contributed by atoms with E-state index >= 15 is 0 Å². The van der Waals surface area contributed by atoms with Crippen molar-refractivity contribution in [2.45, 2.75) is 11.5 Å². The molecule has 0 radical (unpaired) electrons. The summed E-state index contributed by atoms with van der Waals surface area (Å²) in [7, 11) is 0. The highest BCUT2D eigenvalue weighted by atomic mass is 35.5. The molecule has 0 aliphatic rings. The Kier molecular flexibility index (Phi) is 4.90. The molecule has 1 amide bonds. The normalized spacial score (nSPS) is 10.4. The van der Waals surface area contributed by atoms with Crippen LogP contribution in [0.2, 0.25) is 5.02 Å². The van der Waals surface area contributed by atoms with E-state index in [4.69, 9.17) is 21.9 Å². The third kappa shape index (κ3) is 3.76. The zero-order chi connectivity index (χ0) is 13.7. The average molecular weight is 297 g/mol. The molecule has 19 heavy (non-hydrogen) atoms. The van der Waals surface area contributed by atoms with Gasteiger partial charge in [-0.2, -0.15) is 11.8 Å².